The summed E-state index contributed by atoms with van der Waals surface area (Å²) in [6.45, 7) is 5.64. The Labute approximate surface area is 176 Å². The Balaban J connectivity index is 1.49. The van der Waals surface area contributed by atoms with E-state index in [1.807, 2.05) is 36.4 Å². The van der Waals surface area contributed by atoms with Gasteiger partial charge in [-0.25, -0.2) is 0 Å². The van der Waals surface area contributed by atoms with Crippen LogP contribution in [0, 0.1) is 5.92 Å². The van der Waals surface area contributed by atoms with E-state index in [1.165, 1.54) is 4.90 Å². The van der Waals surface area contributed by atoms with E-state index in [9.17, 15) is 9.59 Å². The van der Waals surface area contributed by atoms with E-state index < -0.39 is 0 Å². The summed E-state index contributed by atoms with van der Waals surface area (Å²) in [6, 6.07) is 13.2. The molecule has 2 aromatic rings. The molecule has 2 aliphatic heterocycles. The number of carbonyl (C=O) groups excluding carboxylic acids is 2. The van der Waals surface area contributed by atoms with Crippen molar-refractivity contribution in [1.82, 2.24) is 5.32 Å². The maximum Gasteiger partial charge on any atom is 0.244 e. The van der Waals surface area contributed by atoms with Crippen LogP contribution in [0.15, 0.2) is 42.5 Å². The molecular formula is C23H27N3O4. The smallest absolute Gasteiger partial charge is 0.244 e. The van der Waals surface area contributed by atoms with Crippen molar-refractivity contribution < 1.29 is 19.1 Å². The number of benzene rings is 2. The van der Waals surface area contributed by atoms with Gasteiger partial charge < -0.3 is 20.1 Å². The molecule has 0 spiro atoms. The Hall–Kier alpha value is -3.06. The third-order valence-electron chi connectivity index (χ3n) is 5.34. The quantitative estimate of drug-likeness (QED) is 0.793. The van der Waals surface area contributed by atoms with Gasteiger partial charge in [0.05, 0.1) is 31.1 Å². The molecule has 0 aromatic heterocycles. The van der Waals surface area contributed by atoms with Crippen LogP contribution in [0.3, 0.4) is 0 Å². The molecule has 1 atom stereocenters. The molecule has 2 N–H and O–H groups in total. The van der Waals surface area contributed by atoms with E-state index in [1.54, 1.807) is 6.07 Å². The third kappa shape index (κ3) is 4.26. The highest BCUT2D eigenvalue weighted by molar-refractivity contribution is 6.10. The maximum absolute atomic E-state index is 13.0. The number of ether oxygens (including phenoxy) is 2. The lowest BCUT2D eigenvalue weighted by Crippen LogP contribution is -2.46. The van der Waals surface area contributed by atoms with Crippen molar-refractivity contribution >= 4 is 23.2 Å². The van der Waals surface area contributed by atoms with Crippen molar-refractivity contribution in [3.63, 3.8) is 0 Å². The summed E-state index contributed by atoms with van der Waals surface area (Å²) in [4.78, 5) is 26.5. The number of carbonyl (C=O) groups is 2. The van der Waals surface area contributed by atoms with Gasteiger partial charge in [0, 0.05) is 12.5 Å². The molecule has 0 unspecified atom stereocenters. The summed E-state index contributed by atoms with van der Waals surface area (Å²) in [6.07, 6.45) is 0.856. The van der Waals surface area contributed by atoms with E-state index in [0.29, 0.717) is 18.9 Å². The number of nitrogens with one attached hydrogen (secondary N) is 2. The fourth-order valence-electron chi connectivity index (χ4n) is 3.86. The molecule has 0 saturated carbocycles. The van der Waals surface area contributed by atoms with Gasteiger partial charge in [-0.2, -0.15) is 0 Å². The van der Waals surface area contributed by atoms with Gasteiger partial charge in [0.2, 0.25) is 11.8 Å². The van der Waals surface area contributed by atoms with Gasteiger partial charge in [-0.1, -0.05) is 32.0 Å². The molecule has 0 bridgehead atoms. The van der Waals surface area contributed by atoms with Gasteiger partial charge in [-0.3, -0.25) is 14.5 Å². The van der Waals surface area contributed by atoms with E-state index in [4.69, 9.17) is 9.47 Å². The number of fused-ring (bicyclic) bond motifs is 2. The molecule has 7 nitrogen and oxygen atoms in total. The molecule has 0 saturated heterocycles. The van der Waals surface area contributed by atoms with E-state index in [0.717, 1.165) is 29.2 Å². The lowest BCUT2D eigenvalue weighted by atomic mass is 9.95. The highest BCUT2D eigenvalue weighted by atomic mass is 16.5. The van der Waals surface area contributed by atoms with Crippen LogP contribution in [0.5, 0.6) is 11.5 Å². The Morgan fingerprint density at radius 3 is 2.70 bits per heavy atom. The van der Waals surface area contributed by atoms with Gasteiger partial charge >= 0.3 is 0 Å². The Morgan fingerprint density at radius 2 is 1.90 bits per heavy atom. The summed E-state index contributed by atoms with van der Waals surface area (Å²) in [5, 5.41) is 6.19. The summed E-state index contributed by atoms with van der Waals surface area (Å²) in [7, 11) is 0. The van der Waals surface area contributed by atoms with E-state index in [-0.39, 0.29) is 36.9 Å². The molecule has 158 valence electrons. The lowest BCUT2D eigenvalue weighted by molar-refractivity contribution is -0.121. The standard InChI is InChI=1S/C23H27N3O4/c1-15(2)23(16-8-9-19-20(12-16)30-11-5-10-29-19)24-13-22(28)26-14-21(27)25-17-6-3-4-7-18(17)26/h3-4,6-9,12,15,23-24H,5,10-11,13-14H2,1-2H3,(H,25,27)/t23-/m1/s1. The molecule has 0 fully saturated rings. The second-order valence-electron chi connectivity index (χ2n) is 7.90. The zero-order valence-corrected chi connectivity index (χ0v) is 17.3. The van der Waals surface area contributed by atoms with Crippen molar-refractivity contribution in [3.05, 3.63) is 48.0 Å². The summed E-state index contributed by atoms with van der Waals surface area (Å²) in [5.41, 5.74) is 2.42. The number of rotatable bonds is 5. The molecule has 30 heavy (non-hydrogen) atoms. The maximum atomic E-state index is 13.0. The van der Waals surface area contributed by atoms with Crippen molar-refractivity contribution in [2.24, 2.45) is 5.92 Å². The van der Waals surface area contributed by atoms with Crippen molar-refractivity contribution in [2.75, 3.05) is 36.5 Å². The SMILES string of the molecule is CC(C)[C@@H](NCC(=O)N1CC(=O)Nc2ccccc21)c1ccc2c(c1)OCCCO2. The molecule has 4 rings (SSSR count). The number of nitrogens with zero attached hydrogens (tertiary/aromatic N) is 1. The minimum atomic E-state index is -0.189. The predicted octanol–water partition coefficient (Wildman–Crippen LogP) is 3.12. The number of anilines is 2. The van der Waals surface area contributed by atoms with Crippen LogP contribution in [0.4, 0.5) is 11.4 Å². The van der Waals surface area contributed by atoms with Crippen LogP contribution in [0.2, 0.25) is 0 Å². The monoisotopic (exact) mass is 409 g/mol. The number of hydrogen-bond acceptors (Lipinski definition) is 5. The second-order valence-corrected chi connectivity index (χ2v) is 7.90. The van der Waals surface area contributed by atoms with Crippen LogP contribution in [0.1, 0.15) is 31.9 Å². The molecule has 0 radical (unpaired) electrons. The largest absolute Gasteiger partial charge is 0.490 e. The third-order valence-corrected chi connectivity index (χ3v) is 5.34. The topological polar surface area (TPSA) is 79.9 Å². The predicted molar refractivity (Wildman–Crippen MR) is 115 cm³/mol. The van der Waals surface area contributed by atoms with Crippen LogP contribution in [-0.2, 0) is 9.59 Å². The molecule has 7 heteroatoms. The molecule has 2 aliphatic rings. The average Bonchev–Trinajstić information content (AvgIpc) is 2.98. The van der Waals surface area contributed by atoms with Gasteiger partial charge in [0.15, 0.2) is 11.5 Å². The van der Waals surface area contributed by atoms with Crippen LogP contribution >= 0.6 is 0 Å². The lowest BCUT2D eigenvalue weighted by Gasteiger charge is -2.30. The molecule has 2 aromatic carbocycles. The van der Waals surface area contributed by atoms with Crippen LogP contribution in [0.25, 0.3) is 0 Å². The van der Waals surface area contributed by atoms with Gasteiger partial charge in [0.1, 0.15) is 6.54 Å². The molecule has 2 amide bonds. The van der Waals surface area contributed by atoms with Crippen molar-refractivity contribution in [3.8, 4) is 11.5 Å². The van der Waals surface area contributed by atoms with Crippen LogP contribution < -0.4 is 25.0 Å². The van der Waals surface area contributed by atoms with Gasteiger partial charge in [-0.05, 0) is 35.7 Å². The second kappa shape index (κ2) is 8.75. The zero-order valence-electron chi connectivity index (χ0n) is 17.3. The molecule has 2 heterocycles. The summed E-state index contributed by atoms with van der Waals surface area (Å²) < 4.78 is 11.5. The normalized spacial score (nSPS) is 16.5. The molecule has 0 aliphatic carbocycles. The van der Waals surface area contributed by atoms with Crippen molar-refractivity contribution in [1.29, 1.82) is 0 Å². The highest BCUT2D eigenvalue weighted by Crippen LogP contribution is 2.34. The molecular weight excluding hydrogens is 382 g/mol. The van der Waals surface area contributed by atoms with Gasteiger partial charge in [-0.15, -0.1) is 0 Å². The first-order valence-electron chi connectivity index (χ1n) is 10.3. The number of para-hydroxylation sites is 2. The van der Waals surface area contributed by atoms with E-state index >= 15 is 0 Å². The minimum Gasteiger partial charge on any atom is -0.490 e. The van der Waals surface area contributed by atoms with E-state index in [2.05, 4.69) is 24.5 Å². The fourth-order valence-corrected chi connectivity index (χ4v) is 3.86. The first-order valence-corrected chi connectivity index (χ1v) is 10.3. The van der Waals surface area contributed by atoms with Gasteiger partial charge in [0.25, 0.3) is 0 Å². The Kier molecular flexibility index (Phi) is 5.90. The Bertz CT molecular complexity index is 944. The summed E-state index contributed by atoms with van der Waals surface area (Å²) in [5.74, 6) is 1.42. The fraction of sp³-hybridized carbons (Fsp3) is 0.391. The zero-order chi connectivity index (χ0) is 21.1. The summed E-state index contributed by atoms with van der Waals surface area (Å²) >= 11 is 0. The number of amides is 2. The van der Waals surface area contributed by atoms with Crippen molar-refractivity contribution in [2.45, 2.75) is 26.3 Å². The Morgan fingerprint density at radius 1 is 1.13 bits per heavy atom. The first kappa shape index (κ1) is 20.2. The number of hydrogen-bond donors (Lipinski definition) is 2. The first-order chi connectivity index (χ1) is 14.5. The minimum absolute atomic E-state index is 0.0217. The average molecular weight is 409 g/mol. The van der Waals surface area contributed by atoms with Crippen LogP contribution in [-0.4, -0.2) is 38.1 Å². The highest BCUT2D eigenvalue weighted by Gasteiger charge is 2.27.